The Bertz CT molecular complexity index is 162. The predicted molar refractivity (Wildman–Crippen MR) is 58.6 cm³/mol. The van der Waals surface area contributed by atoms with Crippen molar-refractivity contribution in [1.82, 2.24) is 0 Å². The van der Waals surface area contributed by atoms with Crippen LogP contribution in [0.3, 0.4) is 0 Å². The van der Waals surface area contributed by atoms with Gasteiger partial charge < -0.3 is 0 Å². The molecule has 1 aliphatic carbocycles. The third-order valence-electron chi connectivity index (χ3n) is 2.67. The molecule has 0 radical (unpaired) electrons. The molecule has 1 rings (SSSR count). The Balaban J connectivity index is 2.30. The molecule has 0 aliphatic heterocycles. The summed E-state index contributed by atoms with van der Waals surface area (Å²) >= 11 is 3.62. The van der Waals surface area contributed by atoms with Crippen LogP contribution in [-0.2, 0) is 0 Å². The van der Waals surface area contributed by atoms with Crippen molar-refractivity contribution in [2.45, 2.75) is 32.1 Å². The maximum absolute atomic E-state index is 3.75. The summed E-state index contributed by atoms with van der Waals surface area (Å²) in [6.45, 7) is 3.75. The number of allylic oxidation sites excluding steroid dienone is 3. The van der Waals surface area contributed by atoms with Crippen LogP contribution in [0.25, 0.3) is 0 Å². The van der Waals surface area contributed by atoms with E-state index in [1.54, 1.807) is 0 Å². The Kier molecular flexibility index (Phi) is 4.07. The van der Waals surface area contributed by atoms with E-state index in [4.69, 9.17) is 0 Å². The molecule has 0 amide bonds. The molecule has 12 heavy (non-hydrogen) atoms. The highest BCUT2D eigenvalue weighted by Gasteiger charge is 2.28. The smallest absolute Gasteiger partial charge is 0.00939 e. The van der Waals surface area contributed by atoms with Crippen molar-refractivity contribution in [1.29, 1.82) is 0 Å². The minimum atomic E-state index is 0.545. The summed E-state index contributed by atoms with van der Waals surface area (Å²) in [5.41, 5.74) is 0.545. The fraction of sp³-hybridized carbons (Fsp3) is 0.636. The second-order valence-electron chi connectivity index (χ2n) is 3.69. The lowest BCUT2D eigenvalue weighted by Crippen LogP contribution is -2.18. The highest BCUT2D eigenvalue weighted by molar-refractivity contribution is 9.09. The zero-order chi connectivity index (χ0) is 8.86. The van der Waals surface area contributed by atoms with Crippen molar-refractivity contribution in [2.24, 2.45) is 5.41 Å². The van der Waals surface area contributed by atoms with Gasteiger partial charge in [-0.15, -0.1) is 6.58 Å². The van der Waals surface area contributed by atoms with Crippen molar-refractivity contribution >= 4 is 15.9 Å². The van der Waals surface area contributed by atoms with Crippen molar-refractivity contribution in [3.8, 4) is 0 Å². The molecule has 0 saturated heterocycles. The number of rotatable bonds is 5. The van der Waals surface area contributed by atoms with E-state index in [2.05, 4.69) is 34.7 Å². The van der Waals surface area contributed by atoms with Crippen molar-refractivity contribution in [3.63, 3.8) is 0 Å². The summed E-state index contributed by atoms with van der Waals surface area (Å²) < 4.78 is 0. The molecule has 0 atom stereocenters. The van der Waals surface area contributed by atoms with E-state index in [0.717, 1.165) is 11.8 Å². The monoisotopic (exact) mass is 228 g/mol. The molecule has 1 heteroatoms. The molecule has 0 heterocycles. The quantitative estimate of drug-likeness (QED) is 0.378. The molecule has 0 bridgehead atoms. The molecule has 0 unspecified atom stereocenters. The maximum atomic E-state index is 3.75. The van der Waals surface area contributed by atoms with Gasteiger partial charge >= 0.3 is 0 Å². The van der Waals surface area contributed by atoms with Crippen LogP contribution in [0.2, 0.25) is 0 Å². The summed E-state index contributed by atoms with van der Waals surface area (Å²) in [6, 6.07) is 0. The summed E-state index contributed by atoms with van der Waals surface area (Å²) in [7, 11) is 0. The molecule has 0 saturated carbocycles. The van der Waals surface area contributed by atoms with Crippen LogP contribution in [0.5, 0.6) is 0 Å². The highest BCUT2D eigenvalue weighted by atomic mass is 79.9. The largest absolute Gasteiger partial charge is 0.103 e. The molecule has 0 fully saturated rings. The first-order valence-electron chi connectivity index (χ1n) is 4.65. The molecule has 1 aliphatic rings. The van der Waals surface area contributed by atoms with Gasteiger partial charge in [0.25, 0.3) is 0 Å². The predicted octanol–water partition coefficient (Wildman–Crippen LogP) is 4.07. The SMILES string of the molecule is C=CCCCC1(CBr)CC=CC1. The van der Waals surface area contributed by atoms with Crippen LogP contribution in [0.1, 0.15) is 32.1 Å². The lowest BCUT2D eigenvalue weighted by molar-refractivity contribution is 0.325. The molecule has 0 aromatic rings. The van der Waals surface area contributed by atoms with Gasteiger partial charge in [-0.05, 0) is 37.5 Å². The van der Waals surface area contributed by atoms with Gasteiger partial charge in [0.15, 0.2) is 0 Å². The lowest BCUT2D eigenvalue weighted by Gasteiger charge is -2.26. The van der Waals surface area contributed by atoms with E-state index in [0.29, 0.717) is 5.41 Å². The van der Waals surface area contributed by atoms with Crippen molar-refractivity contribution in [2.75, 3.05) is 5.33 Å². The van der Waals surface area contributed by atoms with E-state index < -0.39 is 0 Å². The third-order valence-corrected chi connectivity index (χ3v) is 3.86. The average Bonchev–Trinajstić information content (AvgIpc) is 2.55. The van der Waals surface area contributed by atoms with E-state index in [1.807, 2.05) is 6.08 Å². The van der Waals surface area contributed by atoms with Gasteiger partial charge in [-0.3, -0.25) is 0 Å². The topological polar surface area (TPSA) is 0 Å². The first-order valence-corrected chi connectivity index (χ1v) is 5.77. The Morgan fingerprint density at radius 1 is 1.42 bits per heavy atom. The summed E-state index contributed by atoms with van der Waals surface area (Å²) in [4.78, 5) is 0. The van der Waals surface area contributed by atoms with Gasteiger partial charge in [-0.1, -0.05) is 34.2 Å². The van der Waals surface area contributed by atoms with Gasteiger partial charge in [0.1, 0.15) is 0 Å². The number of halogens is 1. The van der Waals surface area contributed by atoms with E-state index in [1.165, 1.54) is 25.7 Å². The zero-order valence-corrected chi connectivity index (χ0v) is 9.15. The second kappa shape index (κ2) is 4.86. The van der Waals surface area contributed by atoms with Crippen LogP contribution >= 0.6 is 15.9 Å². The first-order chi connectivity index (χ1) is 5.83. The first kappa shape index (κ1) is 10.0. The molecule has 0 aromatic heterocycles. The van der Waals surface area contributed by atoms with Crippen LogP contribution in [-0.4, -0.2) is 5.33 Å². The number of hydrogen-bond donors (Lipinski definition) is 0. The number of unbranched alkanes of at least 4 members (excludes halogenated alkanes) is 1. The normalized spacial score (nSPS) is 19.8. The fourth-order valence-electron chi connectivity index (χ4n) is 1.75. The van der Waals surface area contributed by atoms with Gasteiger partial charge in [-0.25, -0.2) is 0 Å². The Morgan fingerprint density at radius 2 is 2.08 bits per heavy atom. The summed E-state index contributed by atoms with van der Waals surface area (Å²) in [5, 5.41) is 1.14. The molecule has 0 nitrogen and oxygen atoms in total. The zero-order valence-electron chi connectivity index (χ0n) is 7.56. The van der Waals surface area contributed by atoms with Gasteiger partial charge in [0.05, 0.1) is 0 Å². The molecule has 0 spiro atoms. The standard InChI is InChI=1S/C11H17Br/c1-2-3-4-7-11(10-12)8-5-6-9-11/h2,5-6H,1,3-4,7-10H2. The fourth-order valence-corrected chi connectivity index (χ4v) is 2.49. The van der Waals surface area contributed by atoms with Crippen molar-refractivity contribution < 1.29 is 0 Å². The number of alkyl halides is 1. The van der Waals surface area contributed by atoms with Crippen LogP contribution in [0.4, 0.5) is 0 Å². The summed E-state index contributed by atoms with van der Waals surface area (Å²) in [6.07, 6.45) is 12.9. The second-order valence-corrected chi connectivity index (χ2v) is 4.25. The van der Waals surface area contributed by atoms with Crippen LogP contribution < -0.4 is 0 Å². The molecular weight excluding hydrogens is 212 g/mol. The maximum Gasteiger partial charge on any atom is 0.00939 e. The van der Waals surface area contributed by atoms with Crippen molar-refractivity contribution in [3.05, 3.63) is 24.8 Å². The Hall–Kier alpha value is -0.0400. The minimum Gasteiger partial charge on any atom is -0.103 e. The van der Waals surface area contributed by atoms with Gasteiger partial charge in [0.2, 0.25) is 0 Å². The Labute approximate surface area is 83.9 Å². The Morgan fingerprint density at radius 3 is 2.58 bits per heavy atom. The van der Waals surface area contributed by atoms with Gasteiger partial charge in [0, 0.05) is 5.33 Å². The third kappa shape index (κ3) is 2.48. The van der Waals surface area contributed by atoms with Crippen LogP contribution in [0.15, 0.2) is 24.8 Å². The van der Waals surface area contributed by atoms with Crippen LogP contribution in [0, 0.1) is 5.41 Å². The van der Waals surface area contributed by atoms with Gasteiger partial charge in [-0.2, -0.15) is 0 Å². The van der Waals surface area contributed by atoms with E-state index in [-0.39, 0.29) is 0 Å². The molecular formula is C11H17Br. The van der Waals surface area contributed by atoms with E-state index >= 15 is 0 Å². The molecule has 0 aromatic carbocycles. The lowest BCUT2D eigenvalue weighted by atomic mass is 9.82. The van der Waals surface area contributed by atoms with E-state index in [9.17, 15) is 0 Å². The molecule has 68 valence electrons. The highest BCUT2D eigenvalue weighted by Crippen LogP contribution is 2.39. The number of hydrogen-bond acceptors (Lipinski definition) is 0. The average molecular weight is 229 g/mol. The summed E-state index contributed by atoms with van der Waals surface area (Å²) in [5.74, 6) is 0. The minimum absolute atomic E-state index is 0.545. The molecule has 0 N–H and O–H groups in total.